The third-order valence-corrected chi connectivity index (χ3v) is 2.39. The Hall–Kier alpha value is -0.770. The second-order valence-corrected chi connectivity index (χ2v) is 3.68. The summed E-state index contributed by atoms with van der Waals surface area (Å²) < 4.78 is 5.26. The maximum atomic E-state index is 10.5. The van der Waals surface area contributed by atoms with Crippen LogP contribution in [0.15, 0.2) is 5.11 Å². The van der Waals surface area contributed by atoms with E-state index in [2.05, 4.69) is 10.0 Å². The Labute approximate surface area is 87.0 Å². The van der Waals surface area contributed by atoms with Crippen molar-refractivity contribution in [2.45, 2.75) is 37.8 Å². The number of ether oxygens (including phenoxy) is 1. The molecule has 14 heavy (non-hydrogen) atoms. The lowest BCUT2D eigenvalue weighted by atomic mass is 9.93. The van der Waals surface area contributed by atoms with Crippen LogP contribution in [0.1, 0.15) is 25.7 Å². The molecule has 2 atom stereocenters. The minimum atomic E-state index is -0.518. The molecule has 0 spiro atoms. The number of nitrogens with zero attached hydrogens (tertiary/aromatic N) is 3. The zero-order chi connectivity index (χ0) is 10.4. The minimum absolute atomic E-state index is 0.107. The molecular formula is C8H12ClN3O2. The topological polar surface area (TPSA) is 75.1 Å². The van der Waals surface area contributed by atoms with Crippen LogP contribution in [0.4, 0.5) is 0 Å². The number of hydrogen-bond acceptors (Lipinski definition) is 3. The van der Waals surface area contributed by atoms with Crippen molar-refractivity contribution in [3.05, 3.63) is 10.4 Å². The van der Waals surface area contributed by atoms with Gasteiger partial charge in [-0.3, -0.25) is 4.79 Å². The van der Waals surface area contributed by atoms with E-state index >= 15 is 0 Å². The molecule has 0 aromatic carbocycles. The van der Waals surface area contributed by atoms with E-state index in [9.17, 15) is 4.79 Å². The molecule has 0 bridgehead atoms. The maximum absolute atomic E-state index is 10.5. The molecule has 6 heteroatoms. The van der Waals surface area contributed by atoms with Gasteiger partial charge in [0.2, 0.25) is 5.24 Å². The monoisotopic (exact) mass is 217 g/mol. The summed E-state index contributed by atoms with van der Waals surface area (Å²) >= 11 is 5.15. The molecule has 0 N–H and O–H groups in total. The van der Waals surface area contributed by atoms with Crippen LogP contribution in [-0.4, -0.2) is 24.0 Å². The lowest BCUT2D eigenvalue weighted by molar-refractivity contribution is -0.118. The lowest BCUT2D eigenvalue weighted by Gasteiger charge is -2.27. The van der Waals surface area contributed by atoms with Gasteiger partial charge in [0.05, 0.1) is 12.1 Å². The van der Waals surface area contributed by atoms with Gasteiger partial charge in [0.15, 0.2) is 0 Å². The van der Waals surface area contributed by atoms with Crippen molar-refractivity contribution in [2.75, 3.05) is 6.61 Å². The molecule has 1 aliphatic rings. The van der Waals surface area contributed by atoms with E-state index in [1.54, 1.807) is 0 Å². The van der Waals surface area contributed by atoms with Crippen LogP contribution in [-0.2, 0) is 9.53 Å². The van der Waals surface area contributed by atoms with Gasteiger partial charge in [-0.1, -0.05) is 18.0 Å². The van der Waals surface area contributed by atoms with E-state index in [1.165, 1.54) is 0 Å². The highest BCUT2D eigenvalue weighted by atomic mass is 35.5. The summed E-state index contributed by atoms with van der Waals surface area (Å²) in [6.45, 7) is -0.107. The highest BCUT2D eigenvalue weighted by molar-refractivity contribution is 6.63. The summed E-state index contributed by atoms with van der Waals surface area (Å²) in [7, 11) is 0. The molecule has 0 unspecified atom stereocenters. The van der Waals surface area contributed by atoms with Gasteiger partial charge in [0, 0.05) is 4.91 Å². The average molecular weight is 218 g/mol. The highest BCUT2D eigenvalue weighted by Crippen LogP contribution is 2.23. The van der Waals surface area contributed by atoms with Crippen LogP contribution in [0, 0.1) is 0 Å². The fourth-order valence-corrected chi connectivity index (χ4v) is 1.71. The molecule has 1 rings (SSSR count). The molecule has 0 amide bonds. The number of rotatable bonds is 4. The van der Waals surface area contributed by atoms with Crippen molar-refractivity contribution in [1.82, 2.24) is 0 Å². The van der Waals surface area contributed by atoms with Crippen molar-refractivity contribution in [3.8, 4) is 0 Å². The zero-order valence-corrected chi connectivity index (χ0v) is 8.48. The molecule has 5 nitrogen and oxygen atoms in total. The molecular weight excluding hydrogens is 206 g/mol. The number of carbonyl (C=O) groups is 1. The highest BCUT2D eigenvalue weighted by Gasteiger charge is 2.25. The van der Waals surface area contributed by atoms with Gasteiger partial charge >= 0.3 is 0 Å². The average Bonchev–Trinajstić information content (AvgIpc) is 2.17. The zero-order valence-electron chi connectivity index (χ0n) is 7.73. The maximum Gasteiger partial charge on any atom is 0.247 e. The van der Waals surface area contributed by atoms with Gasteiger partial charge < -0.3 is 4.74 Å². The van der Waals surface area contributed by atoms with E-state index < -0.39 is 5.24 Å². The van der Waals surface area contributed by atoms with Crippen molar-refractivity contribution in [3.63, 3.8) is 0 Å². The molecule has 1 fully saturated rings. The van der Waals surface area contributed by atoms with Gasteiger partial charge in [-0.25, -0.2) is 0 Å². The van der Waals surface area contributed by atoms with Gasteiger partial charge in [-0.15, -0.1) is 0 Å². The van der Waals surface area contributed by atoms with Crippen molar-refractivity contribution < 1.29 is 9.53 Å². The largest absolute Gasteiger partial charge is 0.369 e. The van der Waals surface area contributed by atoms with E-state index in [-0.39, 0.29) is 18.8 Å². The predicted octanol–water partition coefficient (Wildman–Crippen LogP) is 2.39. The minimum Gasteiger partial charge on any atom is -0.369 e. The van der Waals surface area contributed by atoms with Crippen molar-refractivity contribution in [1.29, 1.82) is 0 Å². The first kappa shape index (κ1) is 11.3. The standard InChI is InChI=1S/C8H12ClN3O2/c9-8(13)5-14-7-4-2-1-3-6(7)11-12-10/h6-7H,1-5H2/t6-,7-/m1/s1. The van der Waals surface area contributed by atoms with Crippen LogP contribution < -0.4 is 0 Å². The Kier molecular flexibility index (Phi) is 4.73. The molecule has 1 aliphatic carbocycles. The van der Waals surface area contributed by atoms with E-state index in [1.807, 2.05) is 0 Å². The molecule has 0 saturated heterocycles. The summed E-state index contributed by atoms with van der Waals surface area (Å²) in [4.78, 5) is 13.3. The molecule has 78 valence electrons. The Morgan fingerprint density at radius 2 is 2.29 bits per heavy atom. The molecule has 1 saturated carbocycles. The SMILES string of the molecule is [N-]=[N+]=N[C@@H]1CCCC[C@H]1OCC(=O)Cl. The van der Waals surface area contributed by atoms with Crippen molar-refractivity contribution >= 4 is 16.8 Å². The van der Waals surface area contributed by atoms with Crippen LogP contribution in [0.25, 0.3) is 10.4 Å². The number of halogens is 1. The Bertz CT molecular complexity index is 253. The van der Waals surface area contributed by atoms with E-state index in [0.29, 0.717) is 0 Å². The Morgan fingerprint density at radius 3 is 2.93 bits per heavy atom. The third-order valence-electron chi connectivity index (χ3n) is 2.28. The summed E-state index contributed by atoms with van der Waals surface area (Å²) in [6.07, 6.45) is 3.58. The van der Waals surface area contributed by atoms with Crippen LogP contribution in [0.3, 0.4) is 0 Å². The van der Waals surface area contributed by atoms with Gasteiger partial charge in [-0.05, 0) is 30.0 Å². The van der Waals surface area contributed by atoms with Crippen LogP contribution in [0.2, 0.25) is 0 Å². The number of carbonyl (C=O) groups excluding carboxylic acids is 1. The predicted molar refractivity (Wildman–Crippen MR) is 52.0 cm³/mol. The summed E-state index contributed by atoms with van der Waals surface area (Å²) in [5.41, 5.74) is 8.32. The molecule has 0 aliphatic heterocycles. The lowest BCUT2D eigenvalue weighted by Crippen LogP contribution is -2.31. The van der Waals surface area contributed by atoms with E-state index in [4.69, 9.17) is 21.9 Å². The number of azide groups is 1. The molecule has 0 radical (unpaired) electrons. The van der Waals surface area contributed by atoms with Gasteiger partial charge in [0.1, 0.15) is 6.61 Å². The van der Waals surface area contributed by atoms with Crippen molar-refractivity contribution in [2.24, 2.45) is 5.11 Å². The number of hydrogen-bond donors (Lipinski definition) is 0. The molecule has 0 aromatic rings. The van der Waals surface area contributed by atoms with Gasteiger partial charge in [0.25, 0.3) is 0 Å². The normalized spacial score (nSPS) is 26.6. The Morgan fingerprint density at radius 1 is 1.57 bits per heavy atom. The second kappa shape index (κ2) is 5.86. The summed E-state index contributed by atoms with van der Waals surface area (Å²) in [5, 5.41) is 3.13. The van der Waals surface area contributed by atoms with E-state index in [0.717, 1.165) is 25.7 Å². The van der Waals surface area contributed by atoms with Crippen LogP contribution in [0.5, 0.6) is 0 Å². The summed E-state index contributed by atoms with van der Waals surface area (Å²) in [5.74, 6) is 0. The molecule has 0 aromatic heterocycles. The van der Waals surface area contributed by atoms with Gasteiger partial charge in [-0.2, -0.15) is 0 Å². The summed E-state index contributed by atoms with van der Waals surface area (Å²) in [6, 6.07) is -0.148. The second-order valence-electron chi connectivity index (χ2n) is 3.26. The first-order valence-corrected chi connectivity index (χ1v) is 4.96. The fourth-order valence-electron chi connectivity index (χ4n) is 1.64. The quantitative estimate of drug-likeness (QED) is 0.314. The van der Waals surface area contributed by atoms with Crippen LogP contribution >= 0.6 is 11.6 Å². The third kappa shape index (κ3) is 3.54. The first-order valence-electron chi connectivity index (χ1n) is 4.58. The smallest absolute Gasteiger partial charge is 0.247 e. The Balaban J connectivity index is 2.45. The fraction of sp³-hybridized carbons (Fsp3) is 0.875. The first-order chi connectivity index (χ1) is 6.74. The molecule has 0 heterocycles.